The van der Waals surface area contributed by atoms with Gasteiger partial charge in [-0.3, -0.25) is 9.36 Å². The molecule has 3 atom stereocenters. The topological polar surface area (TPSA) is 108 Å². The number of nitrogens with zero attached hydrogens (tertiary/aromatic N) is 1. The molecule has 0 aromatic rings. The lowest BCUT2D eigenvalue weighted by atomic mass is 10.0. The van der Waals surface area contributed by atoms with Crippen LogP contribution in [0.3, 0.4) is 0 Å². The van der Waals surface area contributed by atoms with Gasteiger partial charge in [-0.2, -0.15) is 0 Å². The van der Waals surface area contributed by atoms with Crippen LogP contribution in [0.5, 0.6) is 0 Å². The van der Waals surface area contributed by atoms with Crippen molar-refractivity contribution in [2.45, 2.75) is 251 Å². The smallest absolute Gasteiger partial charge is 0.268 e. The maximum atomic E-state index is 12.9. The number of nitrogens with one attached hydrogen (secondary N) is 1. The quantitative estimate of drug-likeness (QED) is 0.0272. The van der Waals surface area contributed by atoms with E-state index in [1.807, 2.05) is 27.2 Å². The number of allylic oxidation sites excluding steroid dienone is 7. The first-order chi connectivity index (χ1) is 30.5. The predicted octanol–water partition coefficient (Wildman–Crippen LogP) is 15.0. The third-order valence-corrected chi connectivity index (χ3v) is 12.7. The molecular weight excluding hydrogens is 804 g/mol. The first kappa shape index (κ1) is 61.5. The molecule has 8 nitrogen and oxygen atoms in total. The van der Waals surface area contributed by atoms with Gasteiger partial charge in [-0.1, -0.05) is 223 Å². The molecule has 0 aliphatic rings. The number of hydrogen-bond acceptors (Lipinski definition) is 6. The summed E-state index contributed by atoms with van der Waals surface area (Å²) in [5.41, 5.74) is 0. The molecule has 0 bridgehead atoms. The molecule has 3 unspecified atom stereocenters. The van der Waals surface area contributed by atoms with Crippen LogP contribution in [0, 0.1) is 0 Å². The molecule has 2 N–H and O–H groups in total. The molecule has 0 aliphatic heterocycles. The highest BCUT2D eigenvalue weighted by Gasteiger charge is 2.23. The molecule has 0 saturated heterocycles. The van der Waals surface area contributed by atoms with E-state index in [2.05, 4.69) is 55.6 Å². The van der Waals surface area contributed by atoms with Crippen LogP contribution >= 0.6 is 7.82 Å². The van der Waals surface area contributed by atoms with Gasteiger partial charge in [-0.15, -0.1) is 0 Å². The number of unbranched alkanes of at least 4 members (excludes halogenated alkanes) is 29. The minimum atomic E-state index is -4.60. The molecule has 63 heavy (non-hydrogen) atoms. The average Bonchev–Trinajstić information content (AvgIpc) is 3.24. The van der Waals surface area contributed by atoms with Gasteiger partial charge in [0.05, 0.1) is 39.9 Å². The third-order valence-electron chi connectivity index (χ3n) is 11.8. The number of rotatable bonds is 48. The number of aliphatic hydroxyl groups excluding tert-OH is 1. The van der Waals surface area contributed by atoms with Gasteiger partial charge in [0.1, 0.15) is 13.2 Å². The Hall–Kier alpha value is -1.54. The third kappa shape index (κ3) is 48.2. The van der Waals surface area contributed by atoms with Gasteiger partial charge in [-0.25, -0.2) is 0 Å². The number of phosphoric acid groups is 1. The Labute approximate surface area is 390 Å². The van der Waals surface area contributed by atoms with E-state index < -0.39 is 20.0 Å². The highest BCUT2D eigenvalue weighted by atomic mass is 31.2. The van der Waals surface area contributed by atoms with E-state index in [9.17, 15) is 19.4 Å². The van der Waals surface area contributed by atoms with E-state index in [-0.39, 0.29) is 19.1 Å². The minimum Gasteiger partial charge on any atom is -0.756 e. The van der Waals surface area contributed by atoms with Gasteiger partial charge in [0.2, 0.25) is 5.91 Å². The summed E-state index contributed by atoms with van der Waals surface area (Å²) in [4.78, 5) is 25.4. The van der Waals surface area contributed by atoms with E-state index >= 15 is 0 Å². The van der Waals surface area contributed by atoms with Gasteiger partial charge in [0.25, 0.3) is 7.82 Å². The van der Waals surface area contributed by atoms with Crippen molar-refractivity contribution in [1.82, 2.24) is 5.32 Å². The number of likely N-dealkylation sites (N-methyl/N-ethyl adjacent to an activating group) is 1. The normalized spacial score (nSPS) is 14.5. The Balaban J connectivity index is 4.31. The summed E-state index contributed by atoms with van der Waals surface area (Å²) in [5.74, 6) is -0.204. The SMILES string of the molecule is CCCCCCC/C=C\C/C=C\C/C=C\CCCCCCCCCCC(=O)NC(COP(=O)([O-])OCC[N+](C)(C)C)C(O)/C=C/CCCCCCCCCCCCCCCCCC. The molecule has 1 amide bonds. The van der Waals surface area contributed by atoms with Crippen molar-refractivity contribution in [1.29, 1.82) is 0 Å². The highest BCUT2D eigenvalue weighted by molar-refractivity contribution is 7.45. The number of carbonyl (C=O) groups excluding carboxylic acids is 1. The second kappa shape index (κ2) is 45.6. The van der Waals surface area contributed by atoms with Gasteiger partial charge >= 0.3 is 0 Å². The Bertz CT molecular complexity index is 1170. The Morgan fingerprint density at radius 3 is 1.33 bits per heavy atom. The first-order valence-corrected chi connectivity index (χ1v) is 28.0. The van der Waals surface area contributed by atoms with Gasteiger partial charge in [0, 0.05) is 6.42 Å². The first-order valence-electron chi connectivity index (χ1n) is 26.5. The summed E-state index contributed by atoms with van der Waals surface area (Å²) in [7, 11) is 1.26. The molecule has 0 aromatic carbocycles. The van der Waals surface area contributed by atoms with Crippen molar-refractivity contribution in [3.05, 3.63) is 48.6 Å². The van der Waals surface area contributed by atoms with Crippen LogP contribution < -0.4 is 10.2 Å². The summed E-state index contributed by atoms with van der Waals surface area (Å²) >= 11 is 0. The highest BCUT2D eigenvalue weighted by Crippen LogP contribution is 2.38. The molecule has 0 saturated carbocycles. The minimum absolute atomic E-state index is 0.00357. The van der Waals surface area contributed by atoms with Crippen molar-refractivity contribution in [3.8, 4) is 0 Å². The molecule has 0 radical (unpaired) electrons. The lowest BCUT2D eigenvalue weighted by molar-refractivity contribution is -0.870. The van der Waals surface area contributed by atoms with Gasteiger partial charge in [0.15, 0.2) is 0 Å². The summed E-state index contributed by atoms with van der Waals surface area (Å²) in [5, 5.41) is 13.9. The number of aliphatic hydroxyl groups is 1. The van der Waals surface area contributed by atoms with E-state index in [0.717, 1.165) is 57.8 Å². The summed E-state index contributed by atoms with van der Waals surface area (Å²) in [6.07, 6.45) is 58.7. The number of phosphoric ester groups is 1. The number of quaternary nitrogens is 1. The second-order valence-corrected chi connectivity index (χ2v) is 20.6. The monoisotopic (exact) mass is 907 g/mol. The molecule has 0 aliphatic carbocycles. The zero-order chi connectivity index (χ0) is 46.4. The van der Waals surface area contributed by atoms with Gasteiger partial charge in [-0.05, 0) is 57.8 Å². The molecule has 0 aromatic heterocycles. The number of hydrogen-bond donors (Lipinski definition) is 2. The van der Waals surface area contributed by atoms with Crippen LogP contribution in [0.4, 0.5) is 0 Å². The van der Waals surface area contributed by atoms with Crippen LogP contribution in [0.1, 0.15) is 239 Å². The fourth-order valence-corrected chi connectivity index (χ4v) is 8.29. The zero-order valence-electron chi connectivity index (χ0n) is 42.0. The zero-order valence-corrected chi connectivity index (χ0v) is 42.9. The fourth-order valence-electron chi connectivity index (χ4n) is 7.57. The van der Waals surface area contributed by atoms with Crippen LogP contribution in [0.25, 0.3) is 0 Å². The summed E-state index contributed by atoms with van der Waals surface area (Å²) in [6, 6.07) is -0.892. The molecule has 0 heterocycles. The van der Waals surface area contributed by atoms with Crippen molar-refractivity contribution in [2.75, 3.05) is 40.9 Å². The van der Waals surface area contributed by atoms with E-state index in [1.54, 1.807) is 6.08 Å². The Morgan fingerprint density at radius 1 is 0.556 bits per heavy atom. The fraction of sp³-hybridized carbons (Fsp3) is 0.833. The van der Waals surface area contributed by atoms with Crippen molar-refractivity contribution >= 4 is 13.7 Å². The Morgan fingerprint density at radius 2 is 0.921 bits per heavy atom. The van der Waals surface area contributed by atoms with Crippen LogP contribution in [0.15, 0.2) is 48.6 Å². The summed E-state index contributed by atoms with van der Waals surface area (Å²) in [6.45, 7) is 4.64. The second-order valence-electron chi connectivity index (χ2n) is 19.2. The molecular formula is C54H103N2O6P. The largest absolute Gasteiger partial charge is 0.756 e. The molecule has 9 heteroatoms. The number of carbonyl (C=O) groups is 1. The van der Waals surface area contributed by atoms with Crippen molar-refractivity contribution < 1.29 is 32.9 Å². The lowest BCUT2D eigenvalue weighted by Crippen LogP contribution is -2.45. The molecule has 0 rings (SSSR count). The van der Waals surface area contributed by atoms with E-state index in [1.165, 1.54) is 161 Å². The maximum absolute atomic E-state index is 12.9. The number of amides is 1. The van der Waals surface area contributed by atoms with E-state index in [4.69, 9.17) is 9.05 Å². The lowest BCUT2D eigenvalue weighted by Gasteiger charge is -2.29. The molecule has 370 valence electrons. The van der Waals surface area contributed by atoms with Gasteiger partial charge < -0.3 is 28.8 Å². The van der Waals surface area contributed by atoms with E-state index in [0.29, 0.717) is 17.4 Å². The van der Waals surface area contributed by atoms with Crippen molar-refractivity contribution in [3.63, 3.8) is 0 Å². The van der Waals surface area contributed by atoms with Crippen LogP contribution in [-0.4, -0.2) is 68.5 Å². The standard InChI is InChI=1S/C54H103N2O6P/c1-6-8-10-12-14-16-18-20-22-24-26-27-28-29-30-32-34-36-38-40-42-44-46-48-54(58)55-52(51-62-63(59,60)61-50-49-56(3,4)5)53(57)47-45-43-41-39-37-35-33-31-25-23-21-19-17-15-13-11-9-7-2/h18,20,24,26,28-29,45,47,52-53,57H,6-17,19,21-23,25,27,30-44,46,48-51H2,1-5H3,(H-,55,58,59,60)/b20-18-,26-24-,29-28-,47-45+. The molecule has 0 fully saturated rings. The average molecular weight is 907 g/mol. The van der Waals surface area contributed by atoms with Crippen LogP contribution in [0.2, 0.25) is 0 Å². The Kier molecular flexibility index (Phi) is 44.5. The summed E-state index contributed by atoms with van der Waals surface area (Å²) < 4.78 is 23.3. The maximum Gasteiger partial charge on any atom is 0.268 e. The predicted molar refractivity (Wildman–Crippen MR) is 270 cm³/mol. The van der Waals surface area contributed by atoms with Crippen LogP contribution in [-0.2, 0) is 18.4 Å². The van der Waals surface area contributed by atoms with Crippen molar-refractivity contribution in [2.24, 2.45) is 0 Å². The molecule has 0 spiro atoms.